The molecule has 0 saturated carbocycles. The lowest BCUT2D eigenvalue weighted by Crippen LogP contribution is -2.16. The molecule has 1 aliphatic rings. The van der Waals surface area contributed by atoms with Crippen molar-refractivity contribution in [2.75, 3.05) is 25.6 Å². The lowest BCUT2D eigenvalue weighted by molar-refractivity contribution is -0.111. The fraction of sp³-hybridized carbons (Fsp3) is 0.125. The van der Waals surface area contributed by atoms with E-state index in [1.807, 2.05) is 36.4 Å². The summed E-state index contributed by atoms with van der Waals surface area (Å²) in [6.45, 7) is 0.956. The number of rotatable bonds is 6. The Morgan fingerprint density at radius 1 is 0.968 bits per heavy atom. The first kappa shape index (κ1) is 20.2. The molecule has 0 unspecified atom stereocenters. The molecule has 0 atom stereocenters. The van der Waals surface area contributed by atoms with Gasteiger partial charge in [-0.25, -0.2) is 0 Å². The van der Waals surface area contributed by atoms with Gasteiger partial charge in [0, 0.05) is 11.8 Å². The van der Waals surface area contributed by atoms with E-state index in [0.29, 0.717) is 41.8 Å². The monoisotopic (exact) mass is 415 g/mol. The van der Waals surface area contributed by atoms with Crippen LogP contribution in [0.4, 0.5) is 17.1 Å². The minimum absolute atomic E-state index is 0.257. The summed E-state index contributed by atoms with van der Waals surface area (Å²) in [5.41, 5.74) is 2.91. The van der Waals surface area contributed by atoms with Crippen molar-refractivity contribution < 1.29 is 19.0 Å². The van der Waals surface area contributed by atoms with E-state index in [1.165, 1.54) is 6.08 Å². The molecule has 1 heterocycles. The maximum atomic E-state index is 12.3. The first-order chi connectivity index (χ1) is 15.2. The maximum absolute atomic E-state index is 12.3. The highest BCUT2D eigenvalue weighted by Crippen LogP contribution is 2.40. The molecule has 0 bridgehead atoms. The highest BCUT2D eigenvalue weighted by atomic mass is 16.6. The van der Waals surface area contributed by atoms with Gasteiger partial charge in [0.15, 0.2) is 11.5 Å². The van der Waals surface area contributed by atoms with Crippen LogP contribution in [0.5, 0.6) is 17.2 Å². The van der Waals surface area contributed by atoms with Crippen LogP contribution >= 0.6 is 0 Å². The van der Waals surface area contributed by atoms with Gasteiger partial charge in [0.1, 0.15) is 13.2 Å². The molecule has 0 radical (unpaired) electrons. The zero-order valence-electron chi connectivity index (χ0n) is 16.9. The summed E-state index contributed by atoms with van der Waals surface area (Å²) in [4.78, 5) is 12.3. The summed E-state index contributed by atoms with van der Waals surface area (Å²) >= 11 is 0. The van der Waals surface area contributed by atoms with Gasteiger partial charge in [0.2, 0.25) is 11.7 Å². The van der Waals surface area contributed by atoms with Crippen LogP contribution in [0.15, 0.2) is 83.0 Å². The van der Waals surface area contributed by atoms with Gasteiger partial charge in [-0.3, -0.25) is 4.79 Å². The van der Waals surface area contributed by atoms with Gasteiger partial charge in [0.25, 0.3) is 0 Å². The predicted molar refractivity (Wildman–Crippen MR) is 119 cm³/mol. The van der Waals surface area contributed by atoms with Crippen LogP contribution < -0.4 is 19.5 Å². The average Bonchev–Trinajstić information content (AvgIpc) is 2.82. The lowest BCUT2D eigenvalue weighted by atomic mass is 10.1. The van der Waals surface area contributed by atoms with Crippen LogP contribution in [0.3, 0.4) is 0 Å². The van der Waals surface area contributed by atoms with Crippen LogP contribution in [0, 0.1) is 0 Å². The third-order valence-corrected chi connectivity index (χ3v) is 4.45. The van der Waals surface area contributed by atoms with E-state index in [2.05, 4.69) is 15.5 Å². The zero-order chi connectivity index (χ0) is 21.5. The number of benzene rings is 3. The molecule has 3 aromatic rings. The Balaban J connectivity index is 1.38. The van der Waals surface area contributed by atoms with E-state index in [-0.39, 0.29) is 5.91 Å². The van der Waals surface area contributed by atoms with Gasteiger partial charge in [0.05, 0.1) is 18.5 Å². The van der Waals surface area contributed by atoms with Gasteiger partial charge >= 0.3 is 0 Å². The molecule has 4 rings (SSSR count). The number of carbonyl (C=O) groups is 1. The fourth-order valence-corrected chi connectivity index (χ4v) is 2.97. The maximum Gasteiger partial charge on any atom is 0.248 e. The fourth-order valence-electron chi connectivity index (χ4n) is 2.97. The molecule has 0 aliphatic carbocycles. The van der Waals surface area contributed by atoms with E-state index in [4.69, 9.17) is 14.2 Å². The number of nitrogens with zero attached hydrogens (tertiary/aromatic N) is 2. The van der Waals surface area contributed by atoms with Crippen molar-refractivity contribution >= 4 is 29.0 Å². The van der Waals surface area contributed by atoms with Crippen molar-refractivity contribution in [2.45, 2.75) is 0 Å². The highest BCUT2D eigenvalue weighted by molar-refractivity contribution is 6.02. The second-order valence-electron chi connectivity index (χ2n) is 6.65. The van der Waals surface area contributed by atoms with Crippen LogP contribution in [-0.4, -0.2) is 26.2 Å². The zero-order valence-corrected chi connectivity index (χ0v) is 16.9. The number of amides is 1. The number of nitrogens with one attached hydrogen (secondary N) is 1. The molecular weight excluding hydrogens is 394 g/mol. The van der Waals surface area contributed by atoms with E-state index in [9.17, 15) is 4.79 Å². The van der Waals surface area contributed by atoms with E-state index in [0.717, 1.165) is 11.3 Å². The quantitative estimate of drug-likeness (QED) is 0.424. The van der Waals surface area contributed by atoms with E-state index in [1.54, 1.807) is 43.5 Å². The average molecular weight is 415 g/mol. The van der Waals surface area contributed by atoms with Crippen LogP contribution in [0.2, 0.25) is 0 Å². The van der Waals surface area contributed by atoms with Crippen molar-refractivity contribution in [1.29, 1.82) is 0 Å². The van der Waals surface area contributed by atoms with Crippen LogP contribution in [0.1, 0.15) is 5.56 Å². The molecule has 7 heteroatoms. The van der Waals surface area contributed by atoms with Crippen LogP contribution in [0.25, 0.3) is 6.08 Å². The van der Waals surface area contributed by atoms with E-state index >= 15 is 0 Å². The molecule has 7 nitrogen and oxygen atoms in total. The lowest BCUT2D eigenvalue weighted by Gasteiger charge is -2.20. The van der Waals surface area contributed by atoms with Crippen LogP contribution in [-0.2, 0) is 4.79 Å². The highest BCUT2D eigenvalue weighted by Gasteiger charge is 2.17. The number of hydrogen-bond acceptors (Lipinski definition) is 6. The topological polar surface area (TPSA) is 81.5 Å². The summed E-state index contributed by atoms with van der Waals surface area (Å²) in [7, 11) is 1.57. The molecule has 1 aliphatic heterocycles. The molecule has 31 heavy (non-hydrogen) atoms. The van der Waals surface area contributed by atoms with Gasteiger partial charge in [-0.15, -0.1) is 0 Å². The smallest absolute Gasteiger partial charge is 0.248 e. The normalized spacial score (nSPS) is 12.8. The Morgan fingerprint density at radius 3 is 2.42 bits per heavy atom. The minimum atomic E-state index is -0.257. The molecule has 156 valence electrons. The first-order valence-corrected chi connectivity index (χ1v) is 9.75. The van der Waals surface area contributed by atoms with E-state index < -0.39 is 0 Å². The molecule has 1 N–H and O–H groups in total. The van der Waals surface area contributed by atoms with Gasteiger partial charge in [-0.05, 0) is 60.2 Å². The number of ether oxygens (including phenoxy) is 3. The number of methoxy groups -OCH3 is 1. The Bertz CT molecular complexity index is 1090. The molecule has 0 aromatic heterocycles. The number of azo groups is 1. The third kappa shape index (κ3) is 5.27. The molecule has 0 fully saturated rings. The minimum Gasteiger partial charge on any atom is -0.493 e. The molecule has 1 amide bonds. The largest absolute Gasteiger partial charge is 0.493 e. The second-order valence-corrected chi connectivity index (χ2v) is 6.65. The Morgan fingerprint density at radius 2 is 1.68 bits per heavy atom. The summed E-state index contributed by atoms with van der Waals surface area (Å²) in [5.74, 6) is 1.50. The van der Waals surface area contributed by atoms with Crippen molar-refractivity contribution in [2.24, 2.45) is 10.2 Å². The van der Waals surface area contributed by atoms with Gasteiger partial charge < -0.3 is 19.5 Å². The van der Waals surface area contributed by atoms with Gasteiger partial charge in [-0.1, -0.05) is 18.2 Å². The van der Waals surface area contributed by atoms with Gasteiger partial charge in [-0.2, -0.15) is 10.2 Å². The second kappa shape index (κ2) is 9.58. The summed E-state index contributed by atoms with van der Waals surface area (Å²) in [5, 5.41) is 11.2. The SMILES string of the molecule is COc1cc(C=CC(=O)Nc2ccc(N=Nc3ccccc3)cc2)cc2c1OCCO2. The first-order valence-electron chi connectivity index (χ1n) is 9.75. The van der Waals surface area contributed by atoms with Crippen molar-refractivity contribution in [3.05, 3.63) is 78.4 Å². The number of hydrogen-bond donors (Lipinski definition) is 1. The Labute approximate surface area is 180 Å². The standard InChI is InChI=1S/C24H21N3O4/c1-29-21-15-17(16-22-24(21)31-14-13-30-22)7-12-23(28)25-18-8-10-20(11-9-18)27-26-19-5-3-2-4-6-19/h2-12,15-16H,13-14H2,1H3,(H,25,28). The summed E-state index contributed by atoms with van der Waals surface area (Å²) < 4.78 is 16.6. The van der Waals surface area contributed by atoms with Crippen molar-refractivity contribution in [1.82, 2.24) is 0 Å². The number of fused-ring (bicyclic) bond motifs is 1. The third-order valence-electron chi connectivity index (χ3n) is 4.45. The molecular formula is C24H21N3O4. The predicted octanol–water partition coefficient (Wildman–Crippen LogP) is 5.53. The summed E-state index contributed by atoms with van der Waals surface area (Å²) in [6.07, 6.45) is 3.15. The number of carbonyl (C=O) groups excluding carboxylic acids is 1. The number of anilines is 1. The summed E-state index contributed by atoms with van der Waals surface area (Å²) in [6, 6.07) is 20.2. The molecule has 0 saturated heterocycles. The molecule has 3 aromatic carbocycles. The van der Waals surface area contributed by atoms with Crippen molar-refractivity contribution in [3.63, 3.8) is 0 Å². The Hall–Kier alpha value is -4.13. The van der Waals surface area contributed by atoms with Crippen molar-refractivity contribution in [3.8, 4) is 17.2 Å². The Kier molecular flexibility index (Phi) is 6.23. The molecule has 0 spiro atoms.